The van der Waals surface area contributed by atoms with Crippen LogP contribution in [0, 0.1) is 11.8 Å². The summed E-state index contributed by atoms with van der Waals surface area (Å²) in [6.07, 6.45) is 9.99. The lowest BCUT2D eigenvalue weighted by Gasteiger charge is -2.36. The summed E-state index contributed by atoms with van der Waals surface area (Å²) in [6, 6.07) is 0.649. The molecule has 0 aromatic heterocycles. The fourth-order valence-electron chi connectivity index (χ4n) is 3.67. The van der Waals surface area contributed by atoms with Crippen LogP contribution in [0.1, 0.15) is 51.4 Å². The van der Waals surface area contributed by atoms with E-state index in [-0.39, 0.29) is 0 Å². The van der Waals surface area contributed by atoms with Gasteiger partial charge in [-0.3, -0.25) is 0 Å². The van der Waals surface area contributed by atoms with Gasteiger partial charge in [0.1, 0.15) is 0 Å². The van der Waals surface area contributed by atoms with E-state index in [0.29, 0.717) is 19.3 Å². The molecule has 3 fully saturated rings. The minimum Gasteiger partial charge on any atom is -0.388 e. The molecule has 0 spiro atoms. The van der Waals surface area contributed by atoms with Gasteiger partial charge < -0.3 is 15.2 Å². The fraction of sp³-hybridized carbons (Fsp3) is 1.00. The number of nitrogens with one attached hydrogen (secondary N) is 1. The number of hydrogen-bond donors (Lipinski definition) is 2. The van der Waals surface area contributed by atoms with E-state index in [1.54, 1.807) is 0 Å². The van der Waals surface area contributed by atoms with Crippen LogP contribution in [0.3, 0.4) is 0 Å². The molecule has 2 N–H and O–H groups in total. The third kappa shape index (κ3) is 3.25. The van der Waals surface area contributed by atoms with Gasteiger partial charge in [-0.05, 0) is 37.5 Å². The van der Waals surface area contributed by atoms with E-state index < -0.39 is 5.60 Å². The Morgan fingerprint density at radius 1 is 1.06 bits per heavy atom. The molecule has 2 aliphatic carbocycles. The zero-order valence-corrected chi connectivity index (χ0v) is 11.4. The van der Waals surface area contributed by atoms with Crippen LogP contribution in [0.5, 0.6) is 0 Å². The van der Waals surface area contributed by atoms with E-state index in [9.17, 15) is 5.11 Å². The molecule has 2 unspecified atom stereocenters. The van der Waals surface area contributed by atoms with Crippen LogP contribution in [0.15, 0.2) is 0 Å². The Morgan fingerprint density at radius 3 is 2.56 bits per heavy atom. The SMILES string of the molecule is OC1(CNC2CCCC(C3CC3)C2)CCOCC1. The van der Waals surface area contributed by atoms with E-state index >= 15 is 0 Å². The molecule has 3 aliphatic rings. The van der Waals surface area contributed by atoms with Crippen LogP contribution in [0.25, 0.3) is 0 Å². The van der Waals surface area contributed by atoms with E-state index in [4.69, 9.17) is 4.74 Å². The highest BCUT2D eigenvalue weighted by Crippen LogP contribution is 2.43. The smallest absolute Gasteiger partial charge is 0.0815 e. The zero-order valence-electron chi connectivity index (χ0n) is 11.4. The second kappa shape index (κ2) is 5.48. The molecule has 0 amide bonds. The summed E-state index contributed by atoms with van der Waals surface area (Å²) in [5.74, 6) is 2.02. The molecule has 1 saturated heterocycles. The number of rotatable bonds is 4. The minimum absolute atomic E-state index is 0.509. The maximum Gasteiger partial charge on any atom is 0.0815 e. The topological polar surface area (TPSA) is 41.5 Å². The van der Waals surface area contributed by atoms with E-state index in [1.807, 2.05) is 0 Å². The first kappa shape index (κ1) is 12.9. The van der Waals surface area contributed by atoms with Crippen molar-refractivity contribution < 1.29 is 9.84 Å². The molecule has 3 nitrogen and oxygen atoms in total. The molecule has 1 heterocycles. The Hall–Kier alpha value is -0.120. The molecule has 3 heteroatoms. The summed E-state index contributed by atoms with van der Waals surface area (Å²) in [5.41, 5.74) is -0.509. The Kier molecular flexibility index (Phi) is 3.92. The summed E-state index contributed by atoms with van der Waals surface area (Å²) in [4.78, 5) is 0. The standard InChI is InChI=1S/C15H27NO2/c17-15(6-8-18-9-7-15)11-16-14-3-1-2-13(10-14)12-4-5-12/h12-14,16-17H,1-11H2. The number of aliphatic hydroxyl groups is 1. The fourth-order valence-corrected chi connectivity index (χ4v) is 3.67. The summed E-state index contributed by atoms with van der Waals surface area (Å²) < 4.78 is 5.33. The number of hydrogen-bond acceptors (Lipinski definition) is 3. The average Bonchev–Trinajstić information content (AvgIpc) is 3.22. The molecule has 3 rings (SSSR count). The Bertz CT molecular complexity index is 272. The predicted octanol–water partition coefficient (Wildman–Crippen LogP) is 2.09. The van der Waals surface area contributed by atoms with Crippen LogP contribution >= 0.6 is 0 Å². The van der Waals surface area contributed by atoms with Gasteiger partial charge in [0.25, 0.3) is 0 Å². The van der Waals surface area contributed by atoms with Gasteiger partial charge in [0.2, 0.25) is 0 Å². The van der Waals surface area contributed by atoms with Gasteiger partial charge in [-0.2, -0.15) is 0 Å². The quantitative estimate of drug-likeness (QED) is 0.806. The summed E-state index contributed by atoms with van der Waals surface area (Å²) in [6.45, 7) is 2.19. The van der Waals surface area contributed by atoms with Crippen molar-refractivity contribution in [3.05, 3.63) is 0 Å². The molecule has 0 radical (unpaired) electrons. The van der Waals surface area contributed by atoms with E-state index in [2.05, 4.69) is 5.32 Å². The van der Waals surface area contributed by atoms with Gasteiger partial charge in [0.15, 0.2) is 0 Å². The molecule has 2 saturated carbocycles. The summed E-state index contributed by atoms with van der Waals surface area (Å²) >= 11 is 0. The second-order valence-electron chi connectivity index (χ2n) is 6.68. The third-order valence-electron chi connectivity index (χ3n) is 5.15. The lowest BCUT2D eigenvalue weighted by Crippen LogP contribution is -2.48. The Labute approximate surface area is 110 Å². The molecule has 18 heavy (non-hydrogen) atoms. The van der Waals surface area contributed by atoms with E-state index in [1.165, 1.54) is 38.5 Å². The molecule has 0 aromatic rings. The molecule has 0 aromatic carbocycles. The van der Waals surface area contributed by atoms with Gasteiger partial charge in [0.05, 0.1) is 5.60 Å². The first-order chi connectivity index (χ1) is 8.75. The van der Waals surface area contributed by atoms with Crippen LogP contribution < -0.4 is 5.32 Å². The van der Waals surface area contributed by atoms with Crippen LogP contribution in [0.2, 0.25) is 0 Å². The highest BCUT2D eigenvalue weighted by Gasteiger charge is 2.36. The van der Waals surface area contributed by atoms with Crippen molar-refractivity contribution in [1.82, 2.24) is 5.32 Å². The van der Waals surface area contributed by atoms with Crippen LogP contribution in [-0.4, -0.2) is 36.5 Å². The lowest BCUT2D eigenvalue weighted by atomic mass is 9.82. The van der Waals surface area contributed by atoms with Gasteiger partial charge in [-0.15, -0.1) is 0 Å². The van der Waals surface area contributed by atoms with Gasteiger partial charge in [-0.1, -0.05) is 12.8 Å². The normalized spacial score (nSPS) is 36.5. The third-order valence-corrected chi connectivity index (χ3v) is 5.15. The monoisotopic (exact) mass is 253 g/mol. The predicted molar refractivity (Wildman–Crippen MR) is 71.5 cm³/mol. The van der Waals surface area contributed by atoms with Gasteiger partial charge >= 0.3 is 0 Å². The molecular formula is C15H27NO2. The summed E-state index contributed by atoms with van der Waals surface area (Å²) in [7, 11) is 0. The van der Waals surface area contributed by atoms with Crippen molar-refractivity contribution in [3.63, 3.8) is 0 Å². The minimum atomic E-state index is -0.509. The second-order valence-corrected chi connectivity index (χ2v) is 6.68. The maximum atomic E-state index is 10.4. The molecular weight excluding hydrogens is 226 g/mol. The highest BCUT2D eigenvalue weighted by molar-refractivity contribution is 4.90. The first-order valence-corrected chi connectivity index (χ1v) is 7.79. The van der Waals surface area contributed by atoms with Crippen molar-refractivity contribution >= 4 is 0 Å². The van der Waals surface area contributed by atoms with Crippen molar-refractivity contribution in [2.75, 3.05) is 19.8 Å². The van der Waals surface area contributed by atoms with Crippen molar-refractivity contribution in [2.45, 2.75) is 63.0 Å². The van der Waals surface area contributed by atoms with Crippen molar-refractivity contribution in [3.8, 4) is 0 Å². The van der Waals surface area contributed by atoms with Crippen molar-refractivity contribution in [2.24, 2.45) is 11.8 Å². The first-order valence-electron chi connectivity index (χ1n) is 7.79. The highest BCUT2D eigenvalue weighted by atomic mass is 16.5. The molecule has 2 atom stereocenters. The molecule has 1 aliphatic heterocycles. The number of ether oxygens (including phenoxy) is 1. The van der Waals surface area contributed by atoms with Crippen LogP contribution in [-0.2, 0) is 4.74 Å². The average molecular weight is 253 g/mol. The van der Waals surface area contributed by atoms with Crippen LogP contribution in [0.4, 0.5) is 0 Å². The molecule has 104 valence electrons. The van der Waals surface area contributed by atoms with Gasteiger partial charge in [-0.25, -0.2) is 0 Å². The van der Waals surface area contributed by atoms with E-state index in [0.717, 1.165) is 31.2 Å². The Balaban J connectivity index is 1.44. The maximum absolute atomic E-state index is 10.4. The largest absolute Gasteiger partial charge is 0.388 e. The lowest BCUT2D eigenvalue weighted by molar-refractivity contribution is -0.0635. The zero-order chi connectivity index (χ0) is 12.4. The van der Waals surface area contributed by atoms with Crippen molar-refractivity contribution in [1.29, 1.82) is 0 Å². The van der Waals surface area contributed by atoms with Gasteiger partial charge in [0, 0.05) is 38.6 Å². The summed E-state index contributed by atoms with van der Waals surface area (Å²) in [5, 5.41) is 14.1. The Morgan fingerprint density at radius 2 is 1.83 bits per heavy atom. The molecule has 0 bridgehead atoms.